The third-order valence-electron chi connectivity index (χ3n) is 3.79. The molecule has 0 aliphatic rings. The van der Waals surface area contributed by atoms with E-state index in [0.29, 0.717) is 5.92 Å². The van der Waals surface area contributed by atoms with E-state index in [2.05, 4.69) is 52.0 Å². The SMILES string of the molecule is Cc1ccc(C(O)c2ccc(CC(C)C)cc2)cc1C. The van der Waals surface area contributed by atoms with Crippen molar-refractivity contribution in [1.82, 2.24) is 0 Å². The van der Waals surface area contributed by atoms with Gasteiger partial charge in [0, 0.05) is 0 Å². The molecule has 1 unspecified atom stereocenters. The molecule has 2 aromatic carbocycles. The van der Waals surface area contributed by atoms with Crippen molar-refractivity contribution in [3.63, 3.8) is 0 Å². The first-order valence-electron chi connectivity index (χ1n) is 7.31. The van der Waals surface area contributed by atoms with Crippen LogP contribution in [0.25, 0.3) is 0 Å². The highest BCUT2D eigenvalue weighted by Gasteiger charge is 2.11. The van der Waals surface area contributed by atoms with Gasteiger partial charge in [0.05, 0.1) is 0 Å². The van der Waals surface area contributed by atoms with Gasteiger partial charge in [-0.1, -0.05) is 56.3 Å². The number of aryl methyl sites for hydroxylation is 2. The fraction of sp³-hybridized carbons (Fsp3) is 0.368. The molecule has 106 valence electrons. The molecule has 1 heteroatoms. The molecule has 0 bridgehead atoms. The Morgan fingerprint density at radius 1 is 0.850 bits per heavy atom. The molecule has 1 atom stereocenters. The van der Waals surface area contributed by atoms with Gasteiger partial charge >= 0.3 is 0 Å². The number of hydrogen-bond acceptors (Lipinski definition) is 1. The Hall–Kier alpha value is -1.60. The lowest BCUT2D eigenvalue weighted by atomic mass is 9.96. The van der Waals surface area contributed by atoms with E-state index in [9.17, 15) is 5.11 Å². The molecule has 1 N–H and O–H groups in total. The van der Waals surface area contributed by atoms with Gasteiger partial charge in [0.25, 0.3) is 0 Å². The van der Waals surface area contributed by atoms with E-state index in [-0.39, 0.29) is 0 Å². The van der Waals surface area contributed by atoms with Gasteiger partial charge in [0.1, 0.15) is 6.10 Å². The van der Waals surface area contributed by atoms with Crippen molar-refractivity contribution in [3.8, 4) is 0 Å². The standard InChI is InChI=1S/C19H24O/c1-13(2)11-16-6-9-17(10-7-16)19(20)18-8-5-14(3)15(4)12-18/h5-10,12-13,19-20H,11H2,1-4H3. The Morgan fingerprint density at radius 3 is 2.00 bits per heavy atom. The Bertz CT molecular complexity index is 567. The van der Waals surface area contributed by atoms with E-state index < -0.39 is 6.10 Å². The zero-order valence-corrected chi connectivity index (χ0v) is 12.9. The summed E-state index contributed by atoms with van der Waals surface area (Å²) in [7, 11) is 0. The lowest BCUT2D eigenvalue weighted by molar-refractivity contribution is 0.220. The van der Waals surface area contributed by atoms with E-state index in [1.165, 1.54) is 16.7 Å². The summed E-state index contributed by atoms with van der Waals surface area (Å²) in [5.74, 6) is 0.658. The van der Waals surface area contributed by atoms with Crippen LogP contribution in [-0.2, 0) is 6.42 Å². The molecule has 2 aromatic rings. The van der Waals surface area contributed by atoms with Crippen LogP contribution in [0.5, 0.6) is 0 Å². The van der Waals surface area contributed by atoms with Gasteiger partial charge in [-0.15, -0.1) is 0 Å². The number of aliphatic hydroxyl groups is 1. The van der Waals surface area contributed by atoms with E-state index >= 15 is 0 Å². The van der Waals surface area contributed by atoms with Crippen LogP contribution in [-0.4, -0.2) is 5.11 Å². The minimum absolute atomic E-state index is 0.539. The zero-order chi connectivity index (χ0) is 14.7. The normalized spacial score (nSPS) is 12.7. The monoisotopic (exact) mass is 268 g/mol. The third kappa shape index (κ3) is 3.49. The first kappa shape index (κ1) is 14.8. The van der Waals surface area contributed by atoms with E-state index in [4.69, 9.17) is 0 Å². The molecular weight excluding hydrogens is 244 g/mol. The highest BCUT2D eigenvalue weighted by atomic mass is 16.3. The Kier molecular flexibility index (Phi) is 4.61. The van der Waals surface area contributed by atoms with Crippen LogP contribution >= 0.6 is 0 Å². The van der Waals surface area contributed by atoms with Gasteiger partial charge in [0.2, 0.25) is 0 Å². The van der Waals surface area contributed by atoms with Crippen molar-refractivity contribution in [2.75, 3.05) is 0 Å². The fourth-order valence-corrected chi connectivity index (χ4v) is 2.43. The topological polar surface area (TPSA) is 20.2 Å². The summed E-state index contributed by atoms with van der Waals surface area (Å²) in [6, 6.07) is 14.5. The van der Waals surface area contributed by atoms with Crippen molar-refractivity contribution in [2.24, 2.45) is 5.92 Å². The summed E-state index contributed by atoms with van der Waals surface area (Å²) < 4.78 is 0. The molecule has 0 radical (unpaired) electrons. The number of benzene rings is 2. The van der Waals surface area contributed by atoms with Crippen LogP contribution in [0.2, 0.25) is 0 Å². The van der Waals surface area contributed by atoms with Gasteiger partial charge in [0.15, 0.2) is 0 Å². The summed E-state index contributed by atoms with van der Waals surface area (Å²) in [5, 5.41) is 10.5. The minimum Gasteiger partial charge on any atom is -0.384 e. The van der Waals surface area contributed by atoms with Gasteiger partial charge in [-0.2, -0.15) is 0 Å². The molecule has 0 aliphatic heterocycles. The van der Waals surface area contributed by atoms with Crippen molar-refractivity contribution in [2.45, 2.75) is 40.2 Å². The molecule has 0 spiro atoms. The van der Waals surface area contributed by atoms with E-state index in [1.54, 1.807) is 0 Å². The molecule has 0 aliphatic carbocycles. The zero-order valence-electron chi connectivity index (χ0n) is 12.9. The highest BCUT2D eigenvalue weighted by molar-refractivity contribution is 5.36. The molecular formula is C19H24O. The van der Waals surface area contributed by atoms with Crippen molar-refractivity contribution >= 4 is 0 Å². The Morgan fingerprint density at radius 2 is 1.45 bits per heavy atom. The van der Waals surface area contributed by atoms with Crippen LogP contribution in [0.1, 0.15) is 47.8 Å². The van der Waals surface area contributed by atoms with Crippen molar-refractivity contribution in [1.29, 1.82) is 0 Å². The van der Waals surface area contributed by atoms with Gasteiger partial charge in [-0.25, -0.2) is 0 Å². The lowest BCUT2D eigenvalue weighted by Crippen LogP contribution is -2.01. The quantitative estimate of drug-likeness (QED) is 0.860. The van der Waals surface area contributed by atoms with Gasteiger partial charge < -0.3 is 5.11 Å². The summed E-state index contributed by atoms with van der Waals surface area (Å²) >= 11 is 0. The fourth-order valence-electron chi connectivity index (χ4n) is 2.43. The van der Waals surface area contributed by atoms with Crippen LogP contribution in [0, 0.1) is 19.8 Å². The van der Waals surface area contributed by atoms with Crippen LogP contribution in [0.3, 0.4) is 0 Å². The van der Waals surface area contributed by atoms with Gasteiger partial charge in [-0.3, -0.25) is 0 Å². The van der Waals surface area contributed by atoms with Crippen LogP contribution < -0.4 is 0 Å². The Balaban J connectivity index is 2.20. The van der Waals surface area contributed by atoms with Crippen molar-refractivity contribution < 1.29 is 5.11 Å². The van der Waals surface area contributed by atoms with Crippen LogP contribution in [0.15, 0.2) is 42.5 Å². The summed E-state index contributed by atoms with van der Waals surface area (Å²) in [5.41, 5.74) is 5.73. The first-order chi connectivity index (χ1) is 9.47. The molecule has 1 nitrogen and oxygen atoms in total. The predicted molar refractivity (Wildman–Crippen MR) is 85.0 cm³/mol. The molecule has 0 aromatic heterocycles. The van der Waals surface area contributed by atoms with Gasteiger partial charge in [-0.05, 0) is 54.0 Å². The molecule has 0 amide bonds. The predicted octanol–water partition coefficient (Wildman–Crippen LogP) is 4.58. The molecule has 0 saturated heterocycles. The maximum absolute atomic E-state index is 10.5. The van der Waals surface area contributed by atoms with E-state index in [1.807, 2.05) is 18.2 Å². The van der Waals surface area contributed by atoms with Crippen LogP contribution in [0.4, 0.5) is 0 Å². The first-order valence-corrected chi connectivity index (χ1v) is 7.31. The molecule has 0 fully saturated rings. The summed E-state index contributed by atoms with van der Waals surface area (Å²) in [6.45, 7) is 8.61. The second-order valence-corrected chi connectivity index (χ2v) is 6.09. The molecule has 0 heterocycles. The minimum atomic E-state index is -0.539. The molecule has 0 saturated carbocycles. The number of hydrogen-bond donors (Lipinski definition) is 1. The lowest BCUT2D eigenvalue weighted by Gasteiger charge is -2.14. The third-order valence-corrected chi connectivity index (χ3v) is 3.79. The maximum atomic E-state index is 10.5. The highest BCUT2D eigenvalue weighted by Crippen LogP contribution is 2.24. The average molecular weight is 268 g/mol. The maximum Gasteiger partial charge on any atom is 0.104 e. The summed E-state index contributed by atoms with van der Waals surface area (Å²) in [4.78, 5) is 0. The molecule has 2 rings (SSSR count). The van der Waals surface area contributed by atoms with E-state index in [0.717, 1.165) is 17.5 Å². The smallest absolute Gasteiger partial charge is 0.104 e. The Labute approximate surface area is 122 Å². The second-order valence-electron chi connectivity index (χ2n) is 6.09. The number of rotatable bonds is 4. The average Bonchev–Trinajstić information content (AvgIpc) is 2.41. The van der Waals surface area contributed by atoms with Crippen molar-refractivity contribution in [3.05, 3.63) is 70.3 Å². The summed E-state index contributed by atoms with van der Waals surface area (Å²) in [6.07, 6.45) is 0.544. The number of aliphatic hydroxyl groups excluding tert-OH is 1. The largest absolute Gasteiger partial charge is 0.384 e. The molecule has 20 heavy (non-hydrogen) atoms. The second kappa shape index (κ2) is 6.23.